The second kappa shape index (κ2) is 9.37. The smallest absolute Gasteiger partial charge is 0.255 e. The van der Waals surface area contributed by atoms with Crippen molar-refractivity contribution in [3.05, 3.63) is 100 Å². The number of aromatic nitrogens is 1. The van der Waals surface area contributed by atoms with Crippen molar-refractivity contribution in [1.82, 2.24) is 4.98 Å². The number of nitrogens with zero attached hydrogens (tertiary/aromatic N) is 1. The number of halogens is 1. The van der Waals surface area contributed by atoms with Gasteiger partial charge in [-0.15, -0.1) is 11.3 Å². The zero-order chi connectivity index (χ0) is 23.5. The molecule has 0 aliphatic carbocycles. The Balaban J connectivity index is 1.38. The summed E-state index contributed by atoms with van der Waals surface area (Å²) in [6.07, 6.45) is 3.56. The first-order valence-electron chi connectivity index (χ1n) is 11.1. The number of carbonyl (C=O) groups is 1. The molecule has 3 N–H and O–H groups in total. The monoisotopic (exact) mass is 473 g/mol. The topological polar surface area (TPSA) is 77.2 Å². The first kappa shape index (κ1) is 22.3. The van der Waals surface area contributed by atoms with Crippen LogP contribution in [0.2, 0.25) is 0 Å². The maximum atomic E-state index is 13.3. The van der Waals surface area contributed by atoms with Crippen molar-refractivity contribution in [3.63, 3.8) is 0 Å². The van der Waals surface area contributed by atoms with Crippen LogP contribution in [0, 0.1) is 5.82 Å². The number of nitrogen functional groups attached to an aromatic ring is 1. The Morgan fingerprint density at radius 2 is 1.71 bits per heavy atom. The van der Waals surface area contributed by atoms with E-state index in [0.29, 0.717) is 30.2 Å². The number of benzene rings is 3. The predicted octanol–water partition coefficient (Wildman–Crippen LogP) is 5.88. The first-order valence-corrected chi connectivity index (χ1v) is 12.0. The molecule has 3 aromatic carbocycles. The first-order chi connectivity index (χ1) is 16.5. The van der Waals surface area contributed by atoms with E-state index in [4.69, 9.17) is 10.5 Å². The van der Waals surface area contributed by atoms with Gasteiger partial charge in [-0.05, 0) is 65.9 Å². The molecule has 7 heteroatoms. The summed E-state index contributed by atoms with van der Waals surface area (Å²) in [5.41, 5.74) is 10.3. The van der Waals surface area contributed by atoms with Crippen LogP contribution >= 0.6 is 11.3 Å². The molecule has 1 aromatic heterocycles. The van der Waals surface area contributed by atoms with E-state index in [1.54, 1.807) is 35.6 Å². The highest BCUT2D eigenvalue weighted by Gasteiger charge is 2.38. The molecule has 5 nitrogen and oxygen atoms in total. The Labute approximate surface area is 201 Å². The molecule has 1 fully saturated rings. The number of rotatable bonds is 5. The molecule has 0 radical (unpaired) electrons. The average Bonchev–Trinajstić information content (AvgIpc) is 3.42. The summed E-state index contributed by atoms with van der Waals surface area (Å²) in [6.45, 7) is 1.37. The Kier molecular flexibility index (Phi) is 6.13. The van der Waals surface area contributed by atoms with E-state index in [1.165, 1.54) is 12.1 Å². The lowest BCUT2D eigenvalue weighted by Gasteiger charge is -2.36. The van der Waals surface area contributed by atoms with Crippen LogP contribution in [0.25, 0.3) is 11.1 Å². The molecule has 172 valence electrons. The Hall–Kier alpha value is -3.55. The van der Waals surface area contributed by atoms with Gasteiger partial charge < -0.3 is 15.8 Å². The molecule has 1 aliphatic rings. The lowest BCUT2D eigenvalue weighted by atomic mass is 9.74. The van der Waals surface area contributed by atoms with Gasteiger partial charge in [-0.25, -0.2) is 9.37 Å². The molecule has 4 aromatic rings. The SMILES string of the molecule is Nc1ccc(-c2ccc(F)cc2)cc1NC(=O)c1ccc(C2(c3nccs3)CCOCC2)cc1. The van der Waals surface area contributed by atoms with Crippen molar-refractivity contribution in [2.24, 2.45) is 0 Å². The fourth-order valence-electron chi connectivity index (χ4n) is 4.43. The van der Waals surface area contributed by atoms with Crippen LogP contribution in [-0.2, 0) is 10.2 Å². The van der Waals surface area contributed by atoms with E-state index >= 15 is 0 Å². The third kappa shape index (κ3) is 4.32. The highest BCUT2D eigenvalue weighted by atomic mass is 32.1. The lowest BCUT2D eigenvalue weighted by Crippen LogP contribution is -2.35. The number of carbonyl (C=O) groups excluding carboxylic acids is 1. The fraction of sp³-hybridized carbons (Fsp3) is 0.185. The van der Waals surface area contributed by atoms with E-state index < -0.39 is 0 Å². The summed E-state index contributed by atoms with van der Waals surface area (Å²) in [7, 11) is 0. The standard InChI is InChI=1S/C27H24FN3O2S/c28-22-8-3-18(4-9-22)20-5-10-23(29)24(17-20)31-25(32)19-1-6-21(7-2-19)27(11-14-33-15-12-27)26-30-13-16-34-26/h1-10,13,16-17H,11-12,14-15,29H2,(H,31,32). The third-order valence-electron chi connectivity index (χ3n) is 6.37. The largest absolute Gasteiger partial charge is 0.397 e. The molecule has 5 rings (SSSR count). The number of nitrogens with one attached hydrogen (secondary N) is 1. The average molecular weight is 474 g/mol. The molecule has 0 saturated carbocycles. The summed E-state index contributed by atoms with van der Waals surface area (Å²) in [5.74, 6) is -0.543. The van der Waals surface area contributed by atoms with Crippen LogP contribution in [0.1, 0.15) is 33.8 Å². The third-order valence-corrected chi connectivity index (χ3v) is 7.34. The summed E-state index contributed by atoms with van der Waals surface area (Å²) in [5, 5.41) is 6.00. The van der Waals surface area contributed by atoms with Gasteiger partial charge in [0.2, 0.25) is 0 Å². The van der Waals surface area contributed by atoms with Crippen LogP contribution in [0.15, 0.2) is 78.3 Å². The molecular weight excluding hydrogens is 449 g/mol. The zero-order valence-corrected chi connectivity index (χ0v) is 19.3. The zero-order valence-electron chi connectivity index (χ0n) is 18.5. The minimum atomic E-state index is -0.298. The van der Waals surface area contributed by atoms with Gasteiger partial charge >= 0.3 is 0 Å². The van der Waals surface area contributed by atoms with Gasteiger partial charge in [0.05, 0.1) is 16.8 Å². The van der Waals surface area contributed by atoms with Crippen LogP contribution in [0.4, 0.5) is 15.8 Å². The van der Waals surface area contributed by atoms with Gasteiger partial charge in [0.25, 0.3) is 5.91 Å². The molecular formula is C27H24FN3O2S. The van der Waals surface area contributed by atoms with Gasteiger partial charge in [0.15, 0.2) is 0 Å². The summed E-state index contributed by atoms with van der Waals surface area (Å²) >= 11 is 1.66. The quantitative estimate of drug-likeness (QED) is 0.355. The molecule has 0 bridgehead atoms. The van der Waals surface area contributed by atoms with Gasteiger partial charge in [0.1, 0.15) is 10.8 Å². The van der Waals surface area contributed by atoms with Crippen molar-refractivity contribution >= 4 is 28.6 Å². The van der Waals surface area contributed by atoms with Crippen molar-refractivity contribution in [1.29, 1.82) is 0 Å². The Bertz CT molecular complexity index is 1280. The van der Waals surface area contributed by atoms with Gasteiger partial charge in [0, 0.05) is 30.4 Å². The van der Waals surface area contributed by atoms with Crippen molar-refractivity contribution < 1.29 is 13.9 Å². The van der Waals surface area contributed by atoms with Crippen molar-refractivity contribution in [3.8, 4) is 11.1 Å². The van der Waals surface area contributed by atoms with E-state index in [1.807, 2.05) is 41.9 Å². The molecule has 2 heterocycles. The van der Waals surface area contributed by atoms with Crippen LogP contribution < -0.4 is 11.1 Å². The number of ether oxygens (including phenoxy) is 1. The molecule has 1 amide bonds. The summed E-state index contributed by atoms with van der Waals surface area (Å²) in [6, 6.07) is 19.3. The maximum Gasteiger partial charge on any atom is 0.255 e. The van der Waals surface area contributed by atoms with Gasteiger partial charge in [-0.2, -0.15) is 0 Å². The van der Waals surface area contributed by atoms with Gasteiger partial charge in [-0.3, -0.25) is 4.79 Å². The summed E-state index contributed by atoms with van der Waals surface area (Å²) in [4.78, 5) is 17.6. The van der Waals surface area contributed by atoms with Crippen LogP contribution in [0.5, 0.6) is 0 Å². The highest BCUT2D eigenvalue weighted by molar-refractivity contribution is 7.09. The summed E-state index contributed by atoms with van der Waals surface area (Å²) < 4.78 is 18.9. The Morgan fingerprint density at radius 1 is 1.00 bits per heavy atom. The van der Waals surface area contributed by atoms with E-state index in [9.17, 15) is 9.18 Å². The number of thiazole rings is 1. The highest BCUT2D eigenvalue weighted by Crippen LogP contribution is 2.42. The van der Waals surface area contributed by atoms with E-state index in [-0.39, 0.29) is 17.1 Å². The second-order valence-corrected chi connectivity index (χ2v) is 9.27. The van der Waals surface area contributed by atoms with Crippen molar-refractivity contribution in [2.45, 2.75) is 18.3 Å². The number of anilines is 2. The molecule has 0 unspecified atom stereocenters. The number of hydrogen-bond acceptors (Lipinski definition) is 5. The second-order valence-electron chi connectivity index (χ2n) is 8.37. The number of nitrogens with two attached hydrogens (primary N) is 1. The maximum absolute atomic E-state index is 13.3. The lowest BCUT2D eigenvalue weighted by molar-refractivity contribution is 0.0630. The van der Waals surface area contributed by atoms with Crippen molar-refractivity contribution in [2.75, 3.05) is 24.3 Å². The minimum absolute atomic E-state index is 0.185. The Morgan fingerprint density at radius 3 is 2.38 bits per heavy atom. The molecule has 0 spiro atoms. The van der Waals surface area contributed by atoms with Gasteiger partial charge in [-0.1, -0.05) is 30.3 Å². The fourth-order valence-corrected chi connectivity index (χ4v) is 5.35. The minimum Gasteiger partial charge on any atom is -0.397 e. The molecule has 1 saturated heterocycles. The normalized spacial score (nSPS) is 15.1. The predicted molar refractivity (Wildman–Crippen MR) is 134 cm³/mol. The molecule has 34 heavy (non-hydrogen) atoms. The molecule has 1 aliphatic heterocycles. The number of amides is 1. The van der Waals surface area contributed by atoms with Crippen LogP contribution in [0.3, 0.4) is 0 Å². The van der Waals surface area contributed by atoms with E-state index in [2.05, 4.69) is 10.3 Å². The van der Waals surface area contributed by atoms with E-state index in [0.717, 1.165) is 34.5 Å². The molecule has 0 atom stereocenters. The van der Waals surface area contributed by atoms with Crippen LogP contribution in [-0.4, -0.2) is 24.1 Å². The number of hydrogen-bond donors (Lipinski definition) is 2.